The van der Waals surface area contributed by atoms with Gasteiger partial charge in [0, 0.05) is 29.7 Å². The Hall–Kier alpha value is -4.01. The molecule has 0 saturated carbocycles. The summed E-state index contributed by atoms with van der Waals surface area (Å²) in [4.78, 5) is 24.6. The second kappa shape index (κ2) is 9.86. The van der Waals surface area contributed by atoms with Gasteiger partial charge in [0.05, 0.1) is 7.11 Å². The lowest BCUT2D eigenvalue weighted by Gasteiger charge is -2.11. The molecule has 0 atom stereocenters. The van der Waals surface area contributed by atoms with Crippen LogP contribution in [0.25, 0.3) is 0 Å². The van der Waals surface area contributed by atoms with E-state index in [4.69, 9.17) is 9.47 Å². The van der Waals surface area contributed by atoms with Gasteiger partial charge >= 0.3 is 6.03 Å². The zero-order chi connectivity index (χ0) is 22.3. The third-order valence-corrected chi connectivity index (χ3v) is 4.99. The standard InChI is InChI=1S/C23H25N5O4/c1-31-19-10-2-3-11-20(19)32-15-22(29)24-16-7-6-8-17(13-16)25-23(30)26-21-14-18-9-4-5-12-28(18)27-21/h2-3,6-8,10-11,13-14H,4-5,9,12,15H2,1H3,(H,24,29)(H2,25,26,27,30). The van der Waals surface area contributed by atoms with Crippen LogP contribution >= 0.6 is 0 Å². The van der Waals surface area contributed by atoms with Gasteiger partial charge in [0.25, 0.3) is 5.91 Å². The predicted octanol–water partition coefficient (Wildman–Crippen LogP) is 3.89. The van der Waals surface area contributed by atoms with Crippen molar-refractivity contribution in [1.82, 2.24) is 9.78 Å². The summed E-state index contributed by atoms with van der Waals surface area (Å²) in [5.41, 5.74) is 2.20. The van der Waals surface area contributed by atoms with Crippen LogP contribution in [0.1, 0.15) is 18.5 Å². The molecular weight excluding hydrogens is 410 g/mol. The molecule has 3 N–H and O–H groups in total. The summed E-state index contributed by atoms with van der Waals surface area (Å²) in [5.74, 6) is 1.23. The summed E-state index contributed by atoms with van der Waals surface area (Å²) in [7, 11) is 1.54. The number of nitrogens with zero attached hydrogens (tertiary/aromatic N) is 2. The zero-order valence-corrected chi connectivity index (χ0v) is 17.8. The van der Waals surface area contributed by atoms with Crippen LogP contribution in [0.5, 0.6) is 11.5 Å². The van der Waals surface area contributed by atoms with E-state index >= 15 is 0 Å². The van der Waals surface area contributed by atoms with Gasteiger partial charge in [-0.2, -0.15) is 5.10 Å². The van der Waals surface area contributed by atoms with Crippen molar-refractivity contribution in [1.29, 1.82) is 0 Å². The lowest BCUT2D eigenvalue weighted by atomic mass is 10.1. The number of hydrogen-bond acceptors (Lipinski definition) is 5. The molecule has 0 unspecified atom stereocenters. The molecule has 1 aliphatic heterocycles. The Bertz CT molecular complexity index is 1090. The maximum atomic E-state index is 12.4. The summed E-state index contributed by atoms with van der Waals surface area (Å²) in [5, 5.41) is 12.7. The van der Waals surface area contributed by atoms with Gasteiger partial charge in [-0.25, -0.2) is 4.79 Å². The predicted molar refractivity (Wildman–Crippen MR) is 121 cm³/mol. The number of urea groups is 1. The van der Waals surface area contributed by atoms with Gasteiger partial charge < -0.3 is 20.1 Å². The van der Waals surface area contributed by atoms with Gasteiger partial charge in [0.1, 0.15) is 0 Å². The number of methoxy groups -OCH3 is 1. The van der Waals surface area contributed by atoms with Crippen LogP contribution in [0, 0.1) is 0 Å². The topological polar surface area (TPSA) is 107 Å². The molecule has 3 aromatic rings. The smallest absolute Gasteiger partial charge is 0.324 e. The molecule has 0 aliphatic carbocycles. The maximum Gasteiger partial charge on any atom is 0.324 e. The molecule has 9 nitrogen and oxygen atoms in total. The highest BCUT2D eigenvalue weighted by Gasteiger charge is 2.14. The normalized spacial score (nSPS) is 12.4. The number of nitrogens with one attached hydrogen (secondary N) is 3. The third kappa shape index (κ3) is 5.37. The van der Waals surface area contributed by atoms with Crippen LogP contribution in [0.15, 0.2) is 54.6 Å². The molecule has 1 aromatic heterocycles. The molecule has 9 heteroatoms. The van der Waals surface area contributed by atoms with Crippen LogP contribution in [0.4, 0.5) is 22.0 Å². The number of ether oxygens (including phenoxy) is 2. The first-order valence-corrected chi connectivity index (χ1v) is 10.4. The summed E-state index contributed by atoms with van der Waals surface area (Å²) in [6.07, 6.45) is 3.21. The average molecular weight is 435 g/mol. The fourth-order valence-electron chi connectivity index (χ4n) is 3.51. The van der Waals surface area contributed by atoms with E-state index in [1.54, 1.807) is 42.5 Å². The van der Waals surface area contributed by atoms with Gasteiger partial charge in [-0.15, -0.1) is 0 Å². The van der Waals surface area contributed by atoms with Crippen molar-refractivity contribution >= 4 is 29.1 Å². The minimum Gasteiger partial charge on any atom is -0.493 e. The number of aromatic nitrogens is 2. The van der Waals surface area contributed by atoms with Gasteiger partial charge in [-0.1, -0.05) is 18.2 Å². The SMILES string of the molecule is COc1ccccc1OCC(=O)Nc1cccc(NC(=O)Nc2cc3n(n2)CCCC3)c1. The Kier molecular flexibility index (Phi) is 6.54. The number of hydrogen-bond donors (Lipinski definition) is 3. The van der Waals surface area contributed by atoms with E-state index in [1.165, 1.54) is 7.11 Å². The first-order valence-electron chi connectivity index (χ1n) is 10.4. The van der Waals surface area contributed by atoms with E-state index in [0.717, 1.165) is 31.5 Å². The number of fused-ring (bicyclic) bond motifs is 1. The monoisotopic (exact) mass is 435 g/mol. The van der Waals surface area contributed by atoms with Crippen molar-refractivity contribution in [3.05, 3.63) is 60.3 Å². The van der Waals surface area contributed by atoms with E-state index in [0.29, 0.717) is 28.7 Å². The summed E-state index contributed by atoms with van der Waals surface area (Å²) in [6, 6.07) is 15.5. The molecule has 32 heavy (non-hydrogen) atoms. The Labute approximate surface area is 185 Å². The molecule has 0 fully saturated rings. The van der Waals surface area contributed by atoms with Crippen LogP contribution < -0.4 is 25.4 Å². The highest BCUT2D eigenvalue weighted by Crippen LogP contribution is 2.25. The summed E-state index contributed by atoms with van der Waals surface area (Å²) in [6.45, 7) is 0.699. The van der Waals surface area contributed by atoms with Crippen molar-refractivity contribution in [3.63, 3.8) is 0 Å². The Balaban J connectivity index is 1.30. The number of amides is 3. The Morgan fingerprint density at radius 3 is 2.53 bits per heavy atom. The van der Waals surface area contributed by atoms with E-state index in [2.05, 4.69) is 21.0 Å². The molecule has 1 aliphatic rings. The number of rotatable bonds is 7. The first-order chi connectivity index (χ1) is 15.6. The molecule has 0 bridgehead atoms. The molecule has 2 aromatic carbocycles. The second-order valence-corrected chi connectivity index (χ2v) is 7.35. The lowest BCUT2D eigenvalue weighted by molar-refractivity contribution is -0.118. The number of para-hydroxylation sites is 2. The van der Waals surface area contributed by atoms with E-state index in [9.17, 15) is 9.59 Å². The van der Waals surface area contributed by atoms with Crippen molar-refractivity contribution in [2.75, 3.05) is 29.7 Å². The van der Waals surface area contributed by atoms with Crippen LogP contribution in [-0.2, 0) is 17.8 Å². The highest BCUT2D eigenvalue weighted by molar-refractivity contribution is 6.00. The number of benzene rings is 2. The van der Waals surface area contributed by atoms with Crippen molar-refractivity contribution in [2.24, 2.45) is 0 Å². The number of anilines is 3. The summed E-state index contributed by atoms with van der Waals surface area (Å²) < 4.78 is 12.7. The highest BCUT2D eigenvalue weighted by atomic mass is 16.5. The molecule has 4 rings (SSSR count). The second-order valence-electron chi connectivity index (χ2n) is 7.35. The van der Waals surface area contributed by atoms with Crippen molar-refractivity contribution in [3.8, 4) is 11.5 Å². The Morgan fingerprint density at radius 1 is 0.969 bits per heavy atom. The van der Waals surface area contributed by atoms with E-state index < -0.39 is 6.03 Å². The first kappa shape index (κ1) is 21.2. The average Bonchev–Trinajstić information content (AvgIpc) is 3.20. The van der Waals surface area contributed by atoms with Crippen LogP contribution in [0.2, 0.25) is 0 Å². The van der Waals surface area contributed by atoms with E-state index in [1.807, 2.05) is 16.8 Å². The zero-order valence-electron chi connectivity index (χ0n) is 17.8. The minimum absolute atomic E-state index is 0.177. The van der Waals surface area contributed by atoms with Gasteiger partial charge in [0.2, 0.25) is 0 Å². The third-order valence-electron chi connectivity index (χ3n) is 4.99. The molecule has 0 spiro atoms. The van der Waals surface area contributed by atoms with Gasteiger partial charge in [0.15, 0.2) is 23.9 Å². The number of aryl methyl sites for hydroxylation is 2. The molecule has 2 heterocycles. The van der Waals surface area contributed by atoms with Gasteiger partial charge in [-0.05, 0) is 49.6 Å². The van der Waals surface area contributed by atoms with Crippen molar-refractivity contribution in [2.45, 2.75) is 25.8 Å². The number of carbonyl (C=O) groups is 2. The quantitative estimate of drug-likeness (QED) is 0.522. The van der Waals surface area contributed by atoms with Crippen LogP contribution in [0.3, 0.4) is 0 Å². The van der Waals surface area contributed by atoms with E-state index in [-0.39, 0.29) is 12.5 Å². The number of carbonyl (C=O) groups excluding carboxylic acids is 2. The summed E-state index contributed by atoms with van der Waals surface area (Å²) >= 11 is 0. The lowest BCUT2D eigenvalue weighted by Crippen LogP contribution is -2.21. The molecular formula is C23H25N5O4. The fraction of sp³-hybridized carbons (Fsp3) is 0.261. The van der Waals surface area contributed by atoms with Gasteiger partial charge in [-0.3, -0.25) is 14.8 Å². The fourth-order valence-corrected chi connectivity index (χ4v) is 3.51. The molecule has 3 amide bonds. The molecule has 166 valence electrons. The largest absolute Gasteiger partial charge is 0.493 e. The maximum absolute atomic E-state index is 12.4. The minimum atomic E-state index is -0.400. The van der Waals surface area contributed by atoms with Crippen LogP contribution in [-0.4, -0.2) is 35.4 Å². The Morgan fingerprint density at radius 2 is 1.75 bits per heavy atom. The van der Waals surface area contributed by atoms with Crippen molar-refractivity contribution < 1.29 is 19.1 Å². The molecule has 0 radical (unpaired) electrons. The molecule has 0 saturated heterocycles.